The van der Waals surface area contributed by atoms with Gasteiger partial charge in [0, 0.05) is 35.6 Å². The molecule has 2 aromatic carbocycles. The first kappa shape index (κ1) is 15.2. The minimum atomic E-state index is -0.130. The molecule has 130 valence electrons. The number of ketones is 1. The minimum absolute atomic E-state index is 0.101. The molecule has 3 aromatic rings. The Bertz CT molecular complexity index is 1150. The molecule has 0 fully saturated rings. The van der Waals surface area contributed by atoms with E-state index in [1.807, 2.05) is 12.1 Å². The summed E-state index contributed by atoms with van der Waals surface area (Å²) in [6.07, 6.45) is 0. The van der Waals surface area contributed by atoms with E-state index in [9.17, 15) is 9.59 Å². The average Bonchev–Trinajstić information content (AvgIpc) is 3.23. The standard InChI is InChI=1S/C20H15NO5/c1-24-7-6-21-18-13-8-15-16(26-10-25-15)9-14(13)19(22)17(18)11-4-2-3-5-12(11)20(21)23/h2-5,8-9H,6-7,10H2,1H3. The van der Waals surface area contributed by atoms with Crippen LogP contribution < -0.4 is 15.0 Å². The Morgan fingerprint density at radius 2 is 1.73 bits per heavy atom. The summed E-state index contributed by atoms with van der Waals surface area (Å²) in [4.78, 5) is 26.3. The third kappa shape index (κ3) is 1.90. The largest absolute Gasteiger partial charge is 0.454 e. The van der Waals surface area contributed by atoms with Gasteiger partial charge in [-0.05, 0) is 18.2 Å². The molecule has 2 aliphatic rings. The Labute approximate surface area is 148 Å². The Morgan fingerprint density at radius 3 is 2.46 bits per heavy atom. The molecule has 6 heteroatoms. The molecular weight excluding hydrogens is 334 g/mol. The van der Waals surface area contributed by atoms with Gasteiger partial charge in [0.15, 0.2) is 17.3 Å². The van der Waals surface area contributed by atoms with Crippen molar-refractivity contribution in [2.24, 2.45) is 0 Å². The fourth-order valence-electron chi connectivity index (χ4n) is 3.76. The van der Waals surface area contributed by atoms with Gasteiger partial charge in [-0.15, -0.1) is 0 Å². The van der Waals surface area contributed by atoms with Gasteiger partial charge in [0.25, 0.3) is 5.56 Å². The van der Waals surface area contributed by atoms with Gasteiger partial charge in [-0.3, -0.25) is 9.59 Å². The van der Waals surface area contributed by atoms with Crippen molar-refractivity contribution in [3.63, 3.8) is 0 Å². The zero-order valence-electron chi connectivity index (χ0n) is 14.1. The molecule has 0 saturated carbocycles. The number of ether oxygens (including phenoxy) is 3. The van der Waals surface area contributed by atoms with Crippen molar-refractivity contribution in [1.29, 1.82) is 0 Å². The minimum Gasteiger partial charge on any atom is -0.454 e. The maximum atomic E-state index is 13.2. The lowest BCUT2D eigenvalue weighted by atomic mass is 10.0. The van der Waals surface area contributed by atoms with Gasteiger partial charge >= 0.3 is 0 Å². The monoisotopic (exact) mass is 349 g/mol. The van der Waals surface area contributed by atoms with Crippen LogP contribution in [0.3, 0.4) is 0 Å². The first-order valence-corrected chi connectivity index (χ1v) is 8.34. The Kier molecular flexibility index (Phi) is 3.17. The zero-order valence-corrected chi connectivity index (χ0v) is 14.1. The molecule has 0 bridgehead atoms. The lowest BCUT2D eigenvalue weighted by Crippen LogP contribution is -2.25. The maximum Gasteiger partial charge on any atom is 0.259 e. The SMILES string of the molecule is COCCn1c2c(c3ccccc3c1=O)C(=O)c1cc3c(cc1-2)OCO3. The summed E-state index contributed by atoms with van der Waals surface area (Å²) in [5.41, 5.74) is 2.29. The Morgan fingerprint density at radius 1 is 1.04 bits per heavy atom. The molecule has 0 N–H and O–H groups in total. The van der Waals surface area contributed by atoms with Crippen molar-refractivity contribution < 1.29 is 19.0 Å². The van der Waals surface area contributed by atoms with Gasteiger partial charge in [0.1, 0.15) is 0 Å². The number of methoxy groups -OCH3 is 1. The molecule has 1 aliphatic heterocycles. The fourth-order valence-corrected chi connectivity index (χ4v) is 3.76. The van der Waals surface area contributed by atoms with Crippen LogP contribution in [-0.4, -0.2) is 30.9 Å². The number of fused-ring (bicyclic) bond motifs is 6. The molecule has 26 heavy (non-hydrogen) atoms. The van der Waals surface area contributed by atoms with Crippen LogP contribution in [0.1, 0.15) is 15.9 Å². The van der Waals surface area contributed by atoms with Crippen molar-refractivity contribution in [2.75, 3.05) is 20.5 Å². The fraction of sp³-hybridized carbons (Fsp3) is 0.200. The highest BCUT2D eigenvalue weighted by molar-refractivity contribution is 6.27. The second-order valence-corrected chi connectivity index (χ2v) is 6.30. The lowest BCUT2D eigenvalue weighted by molar-refractivity contribution is 0.104. The van der Waals surface area contributed by atoms with Crippen LogP contribution in [0.15, 0.2) is 41.2 Å². The molecule has 0 amide bonds. The molecule has 6 nitrogen and oxygen atoms in total. The highest BCUT2D eigenvalue weighted by Gasteiger charge is 2.35. The predicted octanol–water partition coefficient (Wildman–Crippen LogP) is 2.59. The predicted molar refractivity (Wildman–Crippen MR) is 95.1 cm³/mol. The maximum absolute atomic E-state index is 13.2. The molecule has 1 aromatic heterocycles. The molecule has 0 spiro atoms. The van der Waals surface area contributed by atoms with Crippen molar-refractivity contribution in [3.8, 4) is 22.8 Å². The zero-order chi connectivity index (χ0) is 17.8. The molecule has 0 unspecified atom stereocenters. The van der Waals surface area contributed by atoms with E-state index in [0.29, 0.717) is 57.8 Å². The van der Waals surface area contributed by atoms with Gasteiger partial charge in [-0.2, -0.15) is 0 Å². The highest BCUT2D eigenvalue weighted by atomic mass is 16.7. The van der Waals surface area contributed by atoms with Crippen LogP contribution in [0, 0.1) is 0 Å². The number of rotatable bonds is 3. The van der Waals surface area contributed by atoms with Crippen LogP contribution in [0.5, 0.6) is 11.5 Å². The van der Waals surface area contributed by atoms with E-state index in [2.05, 4.69) is 0 Å². The number of pyridine rings is 1. The molecule has 0 radical (unpaired) electrons. The normalized spacial score (nSPS) is 14.0. The molecular formula is C20H15NO5. The van der Waals surface area contributed by atoms with Crippen LogP contribution in [0.25, 0.3) is 22.0 Å². The van der Waals surface area contributed by atoms with Crippen molar-refractivity contribution in [2.45, 2.75) is 6.54 Å². The summed E-state index contributed by atoms with van der Waals surface area (Å²) in [7, 11) is 1.59. The van der Waals surface area contributed by atoms with E-state index in [1.54, 1.807) is 35.9 Å². The molecule has 0 atom stereocenters. The Balaban J connectivity index is 1.90. The van der Waals surface area contributed by atoms with E-state index in [0.717, 1.165) is 0 Å². The van der Waals surface area contributed by atoms with Gasteiger partial charge < -0.3 is 18.8 Å². The number of nitrogens with zero attached hydrogens (tertiary/aromatic N) is 1. The van der Waals surface area contributed by atoms with Crippen molar-refractivity contribution in [1.82, 2.24) is 4.57 Å². The van der Waals surface area contributed by atoms with E-state index in [-0.39, 0.29) is 18.1 Å². The number of benzene rings is 2. The highest BCUT2D eigenvalue weighted by Crippen LogP contribution is 2.45. The van der Waals surface area contributed by atoms with Gasteiger partial charge in [0.2, 0.25) is 6.79 Å². The third-order valence-electron chi connectivity index (χ3n) is 4.94. The summed E-state index contributed by atoms with van der Waals surface area (Å²) >= 11 is 0. The number of aromatic nitrogens is 1. The summed E-state index contributed by atoms with van der Waals surface area (Å²) in [5, 5.41) is 1.20. The summed E-state index contributed by atoms with van der Waals surface area (Å²) in [6, 6.07) is 10.7. The smallest absolute Gasteiger partial charge is 0.259 e. The summed E-state index contributed by atoms with van der Waals surface area (Å²) in [6.45, 7) is 0.871. The third-order valence-corrected chi connectivity index (χ3v) is 4.94. The number of hydrogen-bond donors (Lipinski definition) is 0. The van der Waals surface area contributed by atoms with Crippen LogP contribution in [0.2, 0.25) is 0 Å². The first-order valence-electron chi connectivity index (χ1n) is 8.34. The van der Waals surface area contributed by atoms with Gasteiger partial charge in [0.05, 0.1) is 17.9 Å². The van der Waals surface area contributed by atoms with E-state index in [4.69, 9.17) is 14.2 Å². The van der Waals surface area contributed by atoms with Gasteiger partial charge in [-0.1, -0.05) is 18.2 Å². The number of carbonyl (C=O) groups is 1. The quantitative estimate of drug-likeness (QED) is 0.569. The Hall–Kier alpha value is -3.12. The second-order valence-electron chi connectivity index (χ2n) is 6.30. The second kappa shape index (κ2) is 5.44. The van der Waals surface area contributed by atoms with Crippen LogP contribution >= 0.6 is 0 Å². The summed E-state index contributed by atoms with van der Waals surface area (Å²) < 4.78 is 17.7. The average molecular weight is 349 g/mol. The van der Waals surface area contributed by atoms with Crippen molar-refractivity contribution in [3.05, 3.63) is 57.9 Å². The number of carbonyl (C=O) groups excluding carboxylic acids is 1. The lowest BCUT2D eigenvalue weighted by Gasteiger charge is -2.14. The summed E-state index contributed by atoms with van der Waals surface area (Å²) in [5.74, 6) is 1.04. The topological polar surface area (TPSA) is 66.8 Å². The van der Waals surface area contributed by atoms with Crippen LogP contribution in [0.4, 0.5) is 0 Å². The van der Waals surface area contributed by atoms with E-state index < -0.39 is 0 Å². The molecule has 0 saturated heterocycles. The molecule has 1 aliphatic carbocycles. The van der Waals surface area contributed by atoms with Gasteiger partial charge in [-0.25, -0.2) is 0 Å². The molecule has 5 rings (SSSR count). The molecule has 2 heterocycles. The first-order chi connectivity index (χ1) is 12.7. The van der Waals surface area contributed by atoms with Crippen LogP contribution in [-0.2, 0) is 11.3 Å². The van der Waals surface area contributed by atoms with Crippen molar-refractivity contribution >= 4 is 16.6 Å². The van der Waals surface area contributed by atoms with E-state index in [1.165, 1.54) is 0 Å². The van der Waals surface area contributed by atoms with E-state index >= 15 is 0 Å². The number of hydrogen-bond acceptors (Lipinski definition) is 5.